The van der Waals surface area contributed by atoms with E-state index >= 15 is 0 Å². The number of nitrogens with two attached hydrogens (primary N) is 1. The molecule has 0 amide bonds. The number of rotatable bonds is 2. The molecule has 0 atom stereocenters. The Bertz CT molecular complexity index is 319. The average molecular weight is 185 g/mol. The minimum absolute atomic E-state index is 0.0208. The molecule has 0 spiro atoms. The zero-order chi connectivity index (χ0) is 10.0. The van der Waals surface area contributed by atoms with Gasteiger partial charge >= 0.3 is 7.32 Å². The van der Waals surface area contributed by atoms with Crippen molar-refractivity contribution in [3.63, 3.8) is 0 Å². The van der Waals surface area contributed by atoms with Gasteiger partial charge in [0.25, 0.3) is 0 Å². The monoisotopic (exact) mass is 185 g/mol. The SMILES string of the molecule is Cc1c(N)cc(F)cc1OB(O)O. The highest BCUT2D eigenvalue weighted by Gasteiger charge is 2.14. The van der Waals surface area contributed by atoms with Crippen LogP contribution in [0.2, 0.25) is 0 Å². The van der Waals surface area contributed by atoms with Crippen molar-refractivity contribution in [2.75, 3.05) is 5.73 Å². The highest BCUT2D eigenvalue weighted by atomic mass is 19.1. The predicted molar refractivity (Wildman–Crippen MR) is 46.4 cm³/mol. The quantitative estimate of drug-likeness (QED) is 0.449. The molecule has 0 aromatic heterocycles. The molecule has 0 heterocycles. The number of hydrogen-bond acceptors (Lipinski definition) is 4. The van der Waals surface area contributed by atoms with Crippen molar-refractivity contribution < 1.29 is 19.1 Å². The van der Waals surface area contributed by atoms with Crippen LogP contribution in [0, 0.1) is 12.7 Å². The molecule has 0 radical (unpaired) electrons. The van der Waals surface area contributed by atoms with Crippen LogP contribution in [0.5, 0.6) is 5.75 Å². The van der Waals surface area contributed by atoms with Crippen LogP contribution in [-0.4, -0.2) is 17.4 Å². The molecule has 0 unspecified atom stereocenters. The second kappa shape index (κ2) is 3.63. The number of benzene rings is 1. The van der Waals surface area contributed by atoms with Gasteiger partial charge in [0, 0.05) is 17.3 Å². The molecular weight excluding hydrogens is 176 g/mol. The molecule has 1 rings (SSSR count). The van der Waals surface area contributed by atoms with Gasteiger partial charge in [0.1, 0.15) is 11.6 Å². The summed E-state index contributed by atoms with van der Waals surface area (Å²) in [6.07, 6.45) is 0. The lowest BCUT2D eigenvalue weighted by molar-refractivity contribution is 0.287. The van der Waals surface area contributed by atoms with E-state index in [9.17, 15) is 4.39 Å². The zero-order valence-corrected chi connectivity index (χ0v) is 6.99. The Hall–Kier alpha value is -1.27. The van der Waals surface area contributed by atoms with E-state index < -0.39 is 13.1 Å². The standard InChI is InChI=1S/C7H9BFNO3/c1-4-6(10)2-5(9)3-7(4)13-8(11)12/h2-3,11-12H,10H2,1H3. The number of halogens is 1. The summed E-state index contributed by atoms with van der Waals surface area (Å²) in [6, 6.07) is 2.16. The molecule has 6 heteroatoms. The van der Waals surface area contributed by atoms with Crippen LogP contribution in [0.3, 0.4) is 0 Å². The van der Waals surface area contributed by atoms with Gasteiger partial charge in [0.05, 0.1) is 0 Å². The smallest absolute Gasteiger partial charge is 0.512 e. The highest BCUT2D eigenvalue weighted by Crippen LogP contribution is 2.24. The van der Waals surface area contributed by atoms with E-state index in [1.54, 1.807) is 6.92 Å². The van der Waals surface area contributed by atoms with Gasteiger partial charge in [-0.3, -0.25) is 0 Å². The third kappa shape index (κ3) is 2.33. The fourth-order valence-corrected chi connectivity index (χ4v) is 0.910. The minimum Gasteiger partial charge on any atom is -0.512 e. The fourth-order valence-electron chi connectivity index (χ4n) is 0.910. The molecule has 1 aromatic rings. The number of nitrogen functional groups attached to an aromatic ring is 1. The molecule has 0 aliphatic carbocycles. The van der Waals surface area contributed by atoms with Crippen molar-refractivity contribution in [2.24, 2.45) is 0 Å². The van der Waals surface area contributed by atoms with E-state index in [-0.39, 0.29) is 11.4 Å². The van der Waals surface area contributed by atoms with Crippen LogP contribution >= 0.6 is 0 Å². The lowest BCUT2D eigenvalue weighted by Gasteiger charge is -2.09. The Kier molecular flexibility index (Phi) is 2.74. The molecule has 0 saturated heterocycles. The first-order valence-corrected chi connectivity index (χ1v) is 3.59. The van der Waals surface area contributed by atoms with Crippen LogP contribution in [0.15, 0.2) is 12.1 Å². The molecule has 0 fully saturated rings. The van der Waals surface area contributed by atoms with Crippen molar-refractivity contribution in [3.05, 3.63) is 23.5 Å². The van der Waals surface area contributed by atoms with Gasteiger partial charge in [0.15, 0.2) is 0 Å². The average Bonchev–Trinajstić information content (AvgIpc) is 1.98. The first-order chi connectivity index (χ1) is 6.00. The van der Waals surface area contributed by atoms with E-state index in [2.05, 4.69) is 4.65 Å². The van der Waals surface area contributed by atoms with E-state index in [0.717, 1.165) is 12.1 Å². The Morgan fingerprint density at radius 1 is 1.46 bits per heavy atom. The summed E-state index contributed by atoms with van der Waals surface area (Å²) in [5.41, 5.74) is 6.09. The number of hydrogen-bond donors (Lipinski definition) is 3. The Labute approximate surface area is 74.9 Å². The molecule has 0 bridgehead atoms. The van der Waals surface area contributed by atoms with Crippen LogP contribution < -0.4 is 10.4 Å². The summed E-state index contributed by atoms with van der Waals surface area (Å²) in [6.45, 7) is 1.59. The largest absolute Gasteiger partial charge is 0.707 e. The van der Waals surface area contributed by atoms with Gasteiger partial charge in [-0.15, -0.1) is 0 Å². The predicted octanol–water partition coefficient (Wildman–Crippen LogP) is 0.0646. The maximum absolute atomic E-state index is 12.7. The Morgan fingerprint density at radius 3 is 2.62 bits per heavy atom. The van der Waals surface area contributed by atoms with Crippen molar-refractivity contribution in [1.82, 2.24) is 0 Å². The first kappa shape index (κ1) is 9.82. The lowest BCUT2D eigenvalue weighted by atomic mass is 10.1. The summed E-state index contributed by atoms with van der Waals surface area (Å²) in [5.74, 6) is -0.564. The molecule has 0 aliphatic rings. The summed E-state index contributed by atoms with van der Waals surface area (Å²) < 4.78 is 17.2. The maximum atomic E-state index is 12.7. The van der Waals surface area contributed by atoms with Crippen molar-refractivity contribution in [2.45, 2.75) is 6.92 Å². The third-order valence-corrected chi connectivity index (χ3v) is 1.60. The molecular formula is C7H9BFNO3. The molecule has 0 saturated carbocycles. The van der Waals surface area contributed by atoms with Crippen LogP contribution in [0.25, 0.3) is 0 Å². The Morgan fingerprint density at radius 2 is 2.08 bits per heavy atom. The first-order valence-electron chi connectivity index (χ1n) is 3.59. The number of anilines is 1. The van der Waals surface area contributed by atoms with Gasteiger partial charge in [-0.1, -0.05) is 0 Å². The summed E-state index contributed by atoms with van der Waals surface area (Å²) in [4.78, 5) is 0. The van der Waals surface area contributed by atoms with Crippen LogP contribution in [0.4, 0.5) is 10.1 Å². The maximum Gasteiger partial charge on any atom is 0.707 e. The van der Waals surface area contributed by atoms with Gasteiger partial charge in [-0.2, -0.15) is 0 Å². The topological polar surface area (TPSA) is 75.7 Å². The second-order valence-corrected chi connectivity index (χ2v) is 2.56. The highest BCUT2D eigenvalue weighted by molar-refractivity contribution is 6.33. The van der Waals surface area contributed by atoms with E-state index in [4.69, 9.17) is 15.8 Å². The normalized spacial score (nSPS) is 9.85. The molecule has 4 nitrogen and oxygen atoms in total. The fraction of sp³-hybridized carbons (Fsp3) is 0.143. The van der Waals surface area contributed by atoms with Crippen molar-refractivity contribution in [1.29, 1.82) is 0 Å². The summed E-state index contributed by atoms with van der Waals surface area (Å²) >= 11 is 0. The molecule has 0 aliphatic heterocycles. The van der Waals surface area contributed by atoms with Crippen molar-refractivity contribution in [3.8, 4) is 5.75 Å². The minimum atomic E-state index is -1.97. The van der Waals surface area contributed by atoms with Gasteiger partial charge in [-0.25, -0.2) is 4.39 Å². The zero-order valence-electron chi connectivity index (χ0n) is 6.99. The summed E-state index contributed by atoms with van der Waals surface area (Å²) in [7, 11) is -1.97. The lowest BCUT2D eigenvalue weighted by Crippen LogP contribution is -2.21. The van der Waals surface area contributed by atoms with E-state index in [1.807, 2.05) is 0 Å². The van der Waals surface area contributed by atoms with Gasteiger partial charge < -0.3 is 20.4 Å². The third-order valence-electron chi connectivity index (χ3n) is 1.60. The van der Waals surface area contributed by atoms with Crippen molar-refractivity contribution >= 4 is 13.0 Å². The van der Waals surface area contributed by atoms with Crippen LogP contribution in [-0.2, 0) is 0 Å². The molecule has 4 N–H and O–H groups in total. The van der Waals surface area contributed by atoms with Gasteiger partial charge in [0.2, 0.25) is 0 Å². The Balaban J connectivity index is 3.05. The molecule has 1 aromatic carbocycles. The van der Waals surface area contributed by atoms with Gasteiger partial charge in [-0.05, 0) is 13.0 Å². The van der Waals surface area contributed by atoms with E-state index in [1.165, 1.54) is 0 Å². The van der Waals surface area contributed by atoms with Crippen LogP contribution in [0.1, 0.15) is 5.56 Å². The summed E-state index contributed by atoms with van der Waals surface area (Å²) in [5, 5.41) is 17.0. The molecule has 70 valence electrons. The molecule has 13 heavy (non-hydrogen) atoms. The second-order valence-electron chi connectivity index (χ2n) is 2.56. The van der Waals surface area contributed by atoms with E-state index in [0.29, 0.717) is 5.56 Å².